The molecule has 0 rings (SSSR count). The van der Waals surface area contributed by atoms with Gasteiger partial charge in [-0.25, -0.2) is 0 Å². The van der Waals surface area contributed by atoms with Crippen LogP contribution in [-0.2, 0) is 9.53 Å². The fourth-order valence-electron chi connectivity index (χ4n) is 1.14. The van der Waals surface area contributed by atoms with E-state index in [2.05, 4.69) is 74.7 Å². The fraction of sp³-hybridized carbons (Fsp3) is 0.727. The Morgan fingerprint density at radius 2 is 1.69 bits per heavy atom. The van der Waals surface area contributed by atoms with E-state index >= 15 is 0 Å². The van der Waals surface area contributed by atoms with Gasteiger partial charge in [0.15, 0.2) is 0 Å². The van der Waals surface area contributed by atoms with Crippen LogP contribution in [0.25, 0.3) is 0 Å². The molecule has 0 N–H and O–H groups in total. The Balaban J connectivity index is 3.49. The second-order valence-corrected chi connectivity index (χ2v) is 9.01. The zero-order valence-electron chi connectivity index (χ0n) is 9.40. The summed E-state index contributed by atoms with van der Waals surface area (Å²) in [5.41, 5.74) is 0. The van der Waals surface area contributed by atoms with E-state index < -0.39 is 0 Å². The first-order chi connectivity index (χ1) is 7.57. The number of ether oxygens (including phenoxy) is 1. The van der Waals surface area contributed by atoms with E-state index in [-0.39, 0.29) is 5.97 Å². The van der Waals surface area contributed by atoms with Crippen LogP contribution >= 0.6 is 67.8 Å². The van der Waals surface area contributed by atoms with Gasteiger partial charge >= 0.3 is 5.97 Å². The molecule has 16 heavy (non-hydrogen) atoms. The van der Waals surface area contributed by atoms with E-state index in [9.17, 15) is 4.79 Å². The lowest BCUT2D eigenvalue weighted by molar-refractivity contribution is -0.142. The highest BCUT2D eigenvalue weighted by Gasteiger charge is 2.04. The second-order valence-electron chi connectivity index (χ2n) is 3.49. The molecule has 0 saturated heterocycles. The van der Waals surface area contributed by atoms with Crippen LogP contribution in [0.5, 0.6) is 0 Å². The third-order valence-corrected chi connectivity index (χ3v) is 6.27. The predicted octanol–water partition coefficient (Wildman–Crippen LogP) is 5.36. The van der Waals surface area contributed by atoms with E-state index in [1.165, 1.54) is 19.3 Å². The Hall–Kier alpha value is 1.40. The average Bonchev–Trinajstić information content (AvgIpc) is 2.25. The summed E-state index contributed by atoms with van der Waals surface area (Å²) in [5.74, 6) is -0.0697. The Morgan fingerprint density at radius 3 is 2.25 bits per heavy atom. The first-order valence-corrected chi connectivity index (χ1v) is 8.66. The number of rotatable bonds is 8. The van der Waals surface area contributed by atoms with Gasteiger partial charge < -0.3 is 4.74 Å². The lowest BCUT2D eigenvalue weighted by Gasteiger charge is -2.04. The molecular formula is C11H17I3O2. The van der Waals surface area contributed by atoms with Gasteiger partial charge in [0.1, 0.15) is 6.61 Å². The van der Waals surface area contributed by atoms with Crippen LogP contribution in [0.15, 0.2) is 5.17 Å². The van der Waals surface area contributed by atoms with Crippen LogP contribution in [-0.4, -0.2) is 12.6 Å². The van der Waals surface area contributed by atoms with Gasteiger partial charge in [-0.15, -0.1) is 0 Å². The van der Waals surface area contributed by atoms with Gasteiger partial charge in [-0.1, -0.05) is 32.6 Å². The highest BCUT2D eigenvalue weighted by atomic mass is 127. The maximum Gasteiger partial charge on any atom is 0.306 e. The summed E-state index contributed by atoms with van der Waals surface area (Å²) in [4.78, 5) is 11.3. The molecule has 0 saturated carbocycles. The van der Waals surface area contributed by atoms with Crippen molar-refractivity contribution in [3.63, 3.8) is 0 Å². The van der Waals surface area contributed by atoms with Crippen molar-refractivity contribution in [3.8, 4) is 0 Å². The van der Waals surface area contributed by atoms with Gasteiger partial charge in [0.25, 0.3) is 0 Å². The van der Waals surface area contributed by atoms with E-state index in [0.29, 0.717) is 13.0 Å². The summed E-state index contributed by atoms with van der Waals surface area (Å²) in [6.07, 6.45) is 6.39. The summed E-state index contributed by atoms with van der Waals surface area (Å²) < 4.78 is 7.41. The quantitative estimate of drug-likeness (QED) is 0.226. The molecule has 0 heterocycles. The Kier molecular flexibility index (Phi) is 12.5. The van der Waals surface area contributed by atoms with E-state index in [4.69, 9.17) is 4.74 Å². The van der Waals surface area contributed by atoms with Gasteiger partial charge in [0.2, 0.25) is 0 Å². The highest BCUT2D eigenvalue weighted by Crippen LogP contribution is 2.25. The van der Waals surface area contributed by atoms with Crippen molar-refractivity contribution in [1.29, 1.82) is 0 Å². The van der Waals surface area contributed by atoms with Crippen LogP contribution in [0, 0.1) is 0 Å². The molecule has 0 aromatic carbocycles. The molecule has 0 radical (unpaired) electrons. The largest absolute Gasteiger partial charge is 0.460 e. The molecule has 0 atom stereocenters. The monoisotopic (exact) mass is 562 g/mol. The standard InChI is InChI=1S/C11H17I3O2/c1-2-3-4-5-6-7-10(15)16-8-9(12)11(13)14/h2-8H2,1H3. The van der Waals surface area contributed by atoms with Crippen molar-refractivity contribution in [2.24, 2.45) is 0 Å². The Bertz CT molecular complexity index is 235. The summed E-state index contributed by atoms with van der Waals surface area (Å²) >= 11 is 6.66. The van der Waals surface area contributed by atoms with Crippen molar-refractivity contribution in [2.75, 3.05) is 6.61 Å². The molecule has 0 aliphatic carbocycles. The SMILES string of the molecule is CCCCCCCC(=O)OCC(I)=C(I)I. The third kappa shape index (κ3) is 10.5. The molecule has 5 heteroatoms. The van der Waals surface area contributed by atoms with Gasteiger partial charge in [-0.3, -0.25) is 4.79 Å². The molecule has 0 fully saturated rings. The maximum atomic E-state index is 11.3. The van der Waals surface area contributed by atoms with Crippen molar-refractivity contribution in [1.82, 2.24) is 0 Å². The number of unbranched alkanes of at least 4 members (excludes halogenated alkanes) is 4. The predicted molar refractivity (Wildman–Crippen MR) is 93.4 cm³/mol. The van der Waals surface area contributed by atoms with Gasteiger partial charge in [0.05, 0.1) is 1.59 Å². The van der Waals surface area contributed by atoms with Crippen LogP contribution in [0.3, 0.4) is 0 Å². The maximum absolute atomic E-state index is 11.3. The number of hydrogen-bond donors (Lipinski definition) is 0. The van der Waals surface area contributed by atoms with Crippen LogP contribution < -0.4 is 0 Å². The van der Waals surface area contributed by atoms with Crippen LogP contribution in [0.2, 0.25) is 0 Å². The summed E-state index contributed by atoms with van der Waals surface area (Å²) in [5, 5.41) is 0. The number of hydrogen-bond acceptors (Lipinski definition) is 2. The van der Waals surface area contributed by atoms with Crippen LogP contribution in [0.4, 0.5) is 0 Å². The first kappa shape index (κ1) is 17.4. The van der Waals surface area contributed by atoms with Crippen molar-refractivity contribution >= 4 is 73.7 Å². The fourth-order valence-corrected chi connectivity index (χ4v) is 1.61. The van der Waals surface area contributed by atoms with E-state index in [0.717, 1.165) is 18.0 Å². The molecule has 0 aromatic rings. The molecule has 0 aliphatic heterocycles. The second kappa shape index (κ2) is 11.5. The summed E-state index contributed by atoms with van der Waals surface area (Å²) in [6, 6.07) is 0. The number of carbonyl (C=O) groups is 1. The molecule has 94 valence electrons. The molecule has 0 aliphatic rings. The molecule has 0 amide bonds. The molecule has 0 bridgehead atoms. The lowest BCUT2D eigenvalue weighted by Crippen LogP contribution is -2.05. The third-order valence-electron chi connectivity index (χ3n) is 2.05. The topological polar surface area (TPSA) is 26.3 Å². The lowest BCUT2D eigenvalue weighted by atomic mass is 10.1. The zero-order valence-corrected chi connectivity index (χ0v) is 15.9. The minimum atomic E-state index is -0.0697. The summed E-state index contributed by atoms with van der Waals surface area (Å²) in [6.45, 7) is 2.61. The van der Waals surface area contributed by atoms with Crippen molar-refractivity contribution in [2.45, 2.75) is 45.4 Å². The minimum absolute atomic E-state index is 0.0697. The molecule has 0 spiro atoms. The molecule has 0 aromatic heterocycles. The number of halogens is 3. The molecule has 2 nitrogen and oxygen atoms in total. The van der Waals surface area contributed by atoms with Crippen molar-refractivity contribution in [3.05, 3.63) is 5.17 Å². The zero-order chi connectivity index (χ0) is 12.4. The summed E-state index contributed by atoms with van der Waals surface area (Å²) in [7, 11) is 0. The van der Waals surface area contributed by atoms with E-state index in [1.54, 1.807) is 0 Å². The number of esters is 1. The molecule has 0 unspecified atom stereocenters. The smallest absolute Gasteiger partial charge is 0.306 e. The average molecular weight is 562 g/mol. The van der Waals surface area contributed by atoms with Crippen molar-refractivity contribution < 1.29 is 9.53 Å². The van der Waals surface area contributed by atoms with Crippen LogP contribution in [0.1, 0.15) is 45.4 Å². The Morgan fingerprint density at radius 1 is 1.06 bits per heavy atom. The van der Waals surface area contributed by atoms with Gasteiger partial charge in [0, 0.05) is 10.0 Å². The van der Waals surface area contributed by atoms with Gasteiger partial charge in [-0.2, -0.15) is 0 Å². The minimum Gasteiger partial charge on any atom is -0.460 e. The number of carbonyl (C=O) groups excluding carboxylic acids is 1. The van der Waals surface area contributed by atoms with E-state index in [1.807, 2.05) is 0 Å². The first-order valence-electron chi connectivity index (χ1n) is 5.43. The normalized spacial score (nSPS) is 10.0. The molecular weight excluding hydrogens is 545 g/mol. The van der Waals surface area contributed by atoms with Gasteiger partial charge in [-0.05, 0) is 74.2 Å². The highest BCUT2D eigenvalue weighted by molar-refractivity contribution is 14.2. The Labute approximate surface area is 139 Å².